The fourth-order valence-corrected chi connectivity index (χ4v) is 5.22. The molecule has 4 rings (SSSR count). The fourth-order valence-electron chi connectivity index (χ4n) is 5.22. The lowest BCUT2D eigenvalue weighted by atomic mass is 9.66. The first kappa shape index (κ1) is 22.2. The number of hydrogen-bond acceptors (Lipinski definition) is 6. The van der Waals surface area contributed by atoms with E-state index in [9.17, 15) is 20.0 Å². The Morgan fingerprint density at radius 2 is 1.91 bits per heavy atom. The number of aliphatic hydroxyl groups is 1. The molecule has 1 saturated heterocycles. The number of nitrogens with one attached hydrogen (secondary N) is 1. The van der Waals surface area contributed by atoms with Crippen LogP contribution in [0.15, 0.2) is 48.5 Å². The normalized spacial score (nSPS) is 25.6. The summed E-state index contributed by atoms with van der Waals surface area (Å²) in [6, 6.07) is 13.6. The minimum Gasteiger partial charge on any atom is -0.497 e. The van der Waals surface area contributed by atoms with Gasteiger partial charge in [-0.2, -0.15) is 0 Å². The predicted octanol–water partition coefficient (Wildman–Crippen LogP) is 3.91. The molecule has 2 aromatic rings. The minimum absolute atomic E-state index is 0.0183. The van der Waals surface area contributed by atoms with Crippen LogP contribution in [-0.4, -0.2) is 46.6 Å². The number of carbonyl (C=O) groups is 1. The number of piperidine rings is 1. The number of rotatable bonds is 6. The molecule has 2 N–H and O–H groups in total. The van der Waals surface area contributed by atoms with Crippen molar-refractivity contribution in [2.45, 2.75) is 43.7 Å². The third-order valence-corrected chi connectivity index (χ3v) is 6.84. The van der Waals surface area contributed by atoms with Gasteiger partial charge in [-0.3, -0.25) is 19.8 Å². The molecule has 2 aromatic carbocycles. The summed E-state index contributed by atoms with van der Waals surface area (Å²) in [5.41, 5.74) is 0.871. The van der Waals surface area contributed by atoms with Crippen LogP contribution < -0.4 is 10.1 Å². The number of fused-ring (bicyclic) bond motifs is 1. The van der Waals surface area contributed by atoms with Crippen molar-refractivity contribution in [3.8, 4) is 5.75 Å². The standard InChI is InChI=1S/C24H29N3O5/c1-32-20-11-5-17(6-12-20)23-21-4-2-3-13-24(21,29)14-15-26(23)16-22(28)25-18-7-9-19(10-8-18)27(30)31/h5-12,21,23,29H,2-4,13-16H2,1H3,(H,25,28)/t21-,23+,24+/m1/s1. The Morgan fingerprint density at radius 1 is 1.19 bits per heavy atom. The number of anilines is 1. The number of likely N-dealkylation sites (tertiary alicyclic amines) is 1. The summed E-state index contributed by atoms with van der Waals surface area (Å²) in [5.74, 6) is 0.648. The maximum Gasteiger partial charge on any atom is 0.269 e. The van der Waals surface area contributed by atoms with Crippen molar-refractivity contribution in [1.29, 1.82) is 0 Å². The minimum atomic E-state index is -0.700. The molecule has 8 heteroatoms. The topological polar surface area (TPSA) is 105 Å². The number of nitro benzene ring substituents is 1. The van der Waals surface area contributed by atoms with E-state index in [1.54, 1.807) is 7.11 Å². The molecule has 2 aliphatic rings. The largest absolute Gasteiger partial charge is 0.497 e. The van der Waals surface area contributed by atoms with E-state index in [1.165, 1.54) is 24.3 Å². The third kappa shape index (κ3) is 4.61. The van der Waals surface area contributed by atoms with Crippen molar-refractivity contribution < 1.29 is 19.6 Å². The van der Waals surface area contributed by atoms with Gasteiger partial charge >= 0.3 is 0 Å². The van der Waals surface area contributed by atoms with Crippen molar-refractivity contribution in [3.05, 3.63) is 64.2 Å². The predicted molar refractivity (Wildman–Crippen MR) is 121 cm³/mol. The van der Waals surface area contributed by atoms with E-state index in [2.05, 4.69) is 10.2 Å². The van der Waals surface area contributed by atoms with Gasteiger partial charge in [0.05, 0.1) is 24.2 Å². The summed E-state index contributed by atoms with van der Waals surface area (Å²) >= 11 is 0. The number of benzene rings is 2. The summed E-state index contributed by atoms with van der Waals surface area (Å²) in [6.45, 7) is 0.803. The average molecular weight is 440 g/mol. The zero-order valence-corrected chi connectivity index (χ0v) is 18.2. The molecule has 0 unspecified atom stereocenters. The number of nitro groups is 1. The van der Waals surface area contributed by atoms with Gasteiger partial charge in [-0.05, 0) is 49.1 Å². The number of nitrogens with zero attached hydrogens (tertiary/aromatic N) is 2. The van der Waals surface area contributed by atoms with Crippen LogP contribution in [0.1, 0.15) is 43.7 Å². The van der Waals surface area contributed by atoms with Gasteiger partial charge in [-0.1, -0.05) is 25.0 Å². The van der Waals surface area contributed by atoms with E-state index in [0.717, 1.165) is 37.0 Å². The number of amides is 1. The van der Waals surface area contributed by atoms with Crippen LogP contribution in [0.25, 0.3) is 0 Å². The van der Waals surface area contributed by atoms with Gasteiger partial charge in [0.2, 0.25) is 5.91 Å². The number of hydrogen-bond donors (Lipinski definition) is 2. The summed E-state index contributed by atoms with van der Waals surface area (Å²) < 4.78 is 5.29. The van der Waals surface area contributed by atoms with Crippen LogP contribution in [0.2, 0.25) is 0 Å². The molecular weight excluding hydrogens is 410 g/mol. The summed E-state index contributed by atoms with van der Waals surface area (Å²) in [5, 5.41) is 25.0. The van der Waals surface area contributed by atoms with E-state index in [1.807, 2.05) is 24.3 Å². The molecule has 0 bridgehead atoms. The third-order valence-electron chi connectivity index (χ3n) is 6.84. The lowest BCUT2D eigenvalue weighted by Gasteiger charge is -2.52. The molecule has 8 nitrogen and oxygen atoms in total. The molecule has 170 valence electrons. The number of ether oxygens (including phenoxy) is 1. The molecule has 3 atom stereocenters. The van der Waals surface area contributed by atoms with Crippen LogP contribution in [-0.2, 0) is 4.79 Å². The highest BCUT2D eigenvalue weighted by Gasteiger charge is 2.49. The Balaban J connectivity index is 1.53. The molecule has 1 amide bonds. The molecule has 1 heterocycles. The van der Waals surface area contributed by atoms with Crippen molar-refractivity contribution in [2.75, 3.05) is 25.5 Å². The summed E-state index contributed by atoms with van der Waals surface area (Å²) in [4.78, 5) is 25.4. The first-order valence-corrected chi connectivity index (χ1v) is 11.0. The molecule has 0 radical (unpaired) electrons. The van der Waals surface area contributed by atoms with Crippen LogP contribution in [0.3, 0.4) is 0 Å². The Labute approximate surface area is 187 Å². The number of non-ortho nitro benzene ring substituents is 1. The van der Waals surface area contributed by atoms with Crippen molar-refractivity contribution in [3.63, 3.8) is 0 Å². The van der Waals surface area contributed by atoms with Gasteiger partial charge in [0.15, 0.2) is 0 Å². The van der Waals surface area contributed by atoms with Gasteiger partial charge < -0.3 is 15.2 Å². The SMILES string of the molecule is COc1ccc([C@H]2[C@H]3CCCC[C@]3(O)CCN2CC(=O)Nc2ccc([N+](=O)[O-])cc2)cc1. The van der Waals surface area contributed by atoms with Gasteiger partial charge in [0.25, 0.3) is 5.69 Å². The zero-order valence-electron chi connectivity index (χ0n) is 18.2. The summed E-state index contributed by atoms with van der Waals surface area (Å²) in [7, 11) is 1.63. The van der Waals surface area contributed by atoms with Crippen LogP contribution in [0.4, 0.5) is 11.4 Å². The molecule has 0 aromatic heterocycles. The molecule has 32 heavy (non-hydrogen) atoms. The quantitative estimate of drug-likeness (QED) is 0.522. The summed E-state index contributed by atoms with van der Waals surface area (Å²) in [6.07, 6.45) is 4.47. The Hall–Kier alpha value is -2.97. The first-order chi connectivity index (χ1) is 15.4. The second kappa shape index (κ2) is 9.26. The Bertz CT molecular complexity index is 963. The highest BCUT2D eigenvalue weighted by Crippen LogP contribution is 2.49. The van der Waals surface area contributed by atoms with E-state index in [-0.39, 0.29) is 30.1 Å². The lowest BCUT2D eigenvalue weighted by Crippen LogP contribution is -2.56. The molecule has 1 aliphatic carbocycles. The van der Waals surface area contributed by atoms with Crippen molar-refractivity contribution in [1.82, 2.24) is 4.90 Å². The van der Waals surface area contributed by atoms with Gasteiger partial charge in [-0.15, -0.1) is 0 Å². The lowest BCUT2D eigenvalue weighted by molar-refractivity contribution is -0.384. The molecule has 1 saturated carbocycles. The Kier molecular flexibility index (Phi) is 6.43. The smallest absolute Gasteiger partial charge is 0.269 e. The van der Waals surface area contributed by atoms with Crippen LogP contribution in [0, 0.1) is 16.0 Å². The highest BCUT2D eigenvalue weighted by atomic mass is 16.6. The van der Waals surface area contributed by atoms with Crippen molar-refractivity contribution in [2.24, 2.45) is 5.92 Å². The maximum atomic E-state index is 12.8. The van der Waals surface area contributed by atoms with Crippen molar-refractivity contribution >= 4 is 17.3 Å². The fraction of sp³-hybridized carbons (Fsp3) is 0.458. The highest BCUT2D eigenvalue weighted by molar-refractivity contribution is 5.92. The van der Waals surface area contributed by atoms with E-state index in [0.29, 0.717) is 18.7 Å². The van der Waals surface area contributed by atoms with Crippen LogP contribution in [0.5, 0.6) is 5.75 Å². The van der Waals surface area contributed by atoms with Gasteiger partial charge in [-0.25, -0.2) is 0 Å². The molecule has 0 spiro atoms. The Morgan fingerprint density at radius 3 is 2.56 bits per heavy atom. The average Bonchev–Trinajstić information content (AvgIpc) is 2.79. The van der Waals surface area contributed by atoms with Gasteiger partial charge in [0.1, 0.15) is 5.75 Å². The van der Waals surface area contributed by atoms with E-state index >= 15 is 0 Å². The second-order valence-electron chi connectivity index (χ2n) is 8.75. The number of methoxy groups -OCH3 is 1. The molecule has 1 aliphatic heterocycles. The van der Waals surface area contributed by atoms with E-state index < -0.39 is 10.5 Å². The van der Waals surface area contributed by atoms with Gasteiger partial charge in [0, 0.05) is 36.3 Å². The van der Waals surface area contributed by atoms with Crippen LogP contribution >= 0.6 is 0 Å². The molecular formula is C24H29N3O5. The first-order valence-electron chi connectivity index (χ1n) is 11.0. The van der Waals surface area contributed by atoms with E-state index in [4.69, 9.17) is 4.74 Å². The molecule has 2 fully saturated rings. The monoisotopic (exact) mass is 439 g/mol. The number of carbonyl (C=O) groups excluding carboxylic acids is 1. The maximum absolute atomic E-state index is 12.8. The second-order valence-corrected chi connectivity index (χ2v) is 8.75. The zero-order chi connectivity index (χ0) is 22.7.